The summed E-state index contributed by atoms with van der Waals surface area (Å²) in [6.45, 7) is 7.69. The highest BCUT2D eigenvalue weighted by Gasteiger charge is 2.08. The average molecular weight is 230 g/mol. The van der Waals surface area contributed by atoms with Crippen LogP contribution in [0.3, 0.4) is 0 Å². The van der Waals surface area contributed by atoms with E-state index in [1.807, 2.05) is 7.05 Å². The van der Waals surface area contributed by atoms with Gasteiger partial charge in [0.2, 0.25) is 0 Å². The maximum atomic E-state index is 3.20. The predicted octanol–water partition coefficient (Wildman–Crippen LogP) is 3.29. The van der Waals surface area contributed by atoms with Crippen molar-refractivity contribution in [3.8, 4) is 0 Å². The molecule has 0 aliphatic carbocycles. The Labute approximate surface area is 104 Å². The minimum atomic E-state index is 0.523. The number of hydrogen-bond acceptors (Lipinski definition) is 1. The predicted molar refractivity (Wildman–Crippen MR) is 74.7 cm³/mol. The Hall–Kier alpha value is -1.28. The van der Waals surface area contributed by atoms with Gasteiger partial charge < -0.3 is 9.88 Å². The first-order valence-corrected chi connectivity index (χ1v) is 6.38. The molecule has 1 N–H and O–H groups in total. The number of benzene rings is 1. The molecule has 0 saturated carbocycles. The molecule has 0 atom stereocenters. The second kappa shape index (κ2) is 4.92. The van der Waals surface area contributed by atoms with Gasteiger partial charge >= 0.3 is 0 Å². The minimum Gasteiger partial charge on any atom is -0.345 e. The van der Waals surface area contributed by atoms with Gasteiger partial charge in [-0.05, 0) is 64.0 Å². The van der Waals surface area contributed by atoms with E-state index in [0.29, 0.717) is 6.04 Å². The molecule has 2 aromatic rings. The summed E-state index contributed by atoms with van der Waals surface area (Å²) in [6, 6.07) is 7.36. The average Bonchev–Trinajstić information content (AvgIpc) is 2.64. The number of nitrogens with one attached hydrogen (secondary N) is 1. The van der Waals surface area contributed by atoms with E-state index in [1.54, 1.807) is 0 Å². The molecule has 2 heteroatoms. The fourth-order valence-electron chi connectivity index (χ4n) is 2.32. The molecule has 0 radical (unpaired) electrons. The van der Waals surface area contributed by atoms with Gasteiger partial charge in [0.1, 0.15) is 0 Å². The standard InChI is InChI=1S/C15H22N2/c1-11(2)17-10-12(3)14-9-13(7-8-16-4)5-6-15(14)17/h5-6,9-11,16H,7-8H2,1-4H3. The lowest BCUT2D eigenvalue weighted by molar-refractivity contribution is 0.622. The SMILES string of the molecule is CNCCc1ccc2c(c1)c(C)cn2C(C)C. The third kappa shape index (κ3) is 2.37. The molecule has 0 saturated heterocycles. The van der Waals surface area contributed by atoms with Crippen molar-refractivity contribution in [2.24, 2.45) is 0 Å². The normalized spacial score (nSPS) is 11.6. The van der Waals surface area contributed by atoms with Crippen LogP contribution in [-0.4, -0.2) is 18.2 Å². The Kier molecular flexibility index (Phi) is 3.53. The van der Waals surface area contributed by atoms with Crippen molar-refractivity contribution in [2.45, 2.75) is 33.2 Å². The number of hydrogen-bond donors (Lipinski definition) is 1. The Morgan fingerprint density at radius 2 is 2.06 bits per heavy atom. The van der Waals surface area contributed by atoms with E-state index in [9.17, 15) is 0 Å². The van der Waals surface area contributed by atoms with Crippen molar-refractivity contribution in [3.63, 3.8) is 0 Å². The molecule has 17 heavy (non-hydrogen) atoms. The third-order valence-corrected chi connectivity index (χ3v) is 3.32. The summed E-state index contributed by atoms with van der Waals surface area (Å²) in [4.78, 5) is 0. The summed E-state index contributed by atoms with van der Waals surface area (Å²) >= 11 is 0. The van der Waals surface area contributed by atoms with Crippen molar-refractivity contribution in [1.29, 1.82) is 0 Å². The second-order valence-electron chi connectivity index (χ2n) is 5.02. The molecule has 0 aliphatic heterocycles. The molecule has 0 aliphatic rings. The number of fused-ring (bicyclic) bond motifs is 1. The lowest BCUT2D eigenvalue weighted by atomic mass is 10.1. The van der Waals surface area contributed by atoms with Crippen LogP contribution >= 0.6 is 0 Å². The molecule has 0 amide bonds. The van der Waals surface area contributed by atoms with E-state index in [0.717, 1.165) is 13.0 Å². The second-order valence-corrected chi connectivity index (χ2v) is 5.02. The van der Waals surface area contributed by atoms with E-state index in [-0.39, 0.29) is 0 Å². The lowest BCUT2D eigenvalue weighted by Crippen LogP contribution is -2.10. The zero-order chi connectivity index (χ0) is 12.4. The van der Waals surface area contributed by atoms with Crippen LogP contribution in [0.15, 0.2) is 24.4 Å². The highest BCUT2D eigenvalue weighted by atomic mass is 15.0. The first-order valence-electron chi connectivity index (χ1n) is 6.38. The Balaban J connectivity index is 2.44. The van der Waals surface area contributed by atoms with Gasteiger partial charge in [0.15, 0.2) is 0 Å². The minimum absolute atomic E-state index is 0.523. The smallest absolute Gasteiger partial charge is 0.0485 e. The molecule has 0 spiro atoms. The largest absolute Gasteiger partial charge is 0.345 e. The number of aryl methyl sites for hydroxylation is 1. The summed E-state index contributed by atoms with van der Waals surface area (Å²) in [5.41, 5.74) is 4.14. The van der Waals surface area contributed by atoms with Gasteiger partial charge in [-0.1, -0.05) is 6.07 Å². The summed E-state index contributed by atoms with van der Waals surface area (Å²) in [5, 5.41) is 4.59. The summed E-state index contributed by atoms with van der Waals surface area (Å²) in [6.07, 6.45) is 3.36. The molecule has 1 heterocycles. The van der Waals surface area contributed by atoms with Crippen molar-refractivity contribution in [3.05, 3.63) is 35.5 Å². The molecular formula is C15H22N2. The van der Waals surface area contributed by atoms with Gasteiger partial charge in [0.25, 0.3) is 0 Å². The maximum Gasteiger partial charge on any atom is 0.0485 e. The summed E-state index contributed by atoms with van der Waals surface area (Å²) < 4.78 is 2.35. The molecule has 2 nitrogen and oxygen atoms in total. The Morgan fingerprint density at radius 3 is 2.71 bits per heavy atom. The number of nitrogens with zero attached hydrogens (tertiary/aromatic N) is 1. The number of likely N-dealkylation sites (N-methyl/N-ethyl adjacent to an activating group) is 1. The topological polar surface area (TPSA) is 17.0 Å². The maximum absolute atomic E-state index is 3.20. The van der Waals surface area contributed by atoms with Crippen LogP contribution in [-0.2, 0) is 6.42 Å². The summed E-state index contributed by atoms with van der Waals surface area (Å²) in [7, 11) is 2.00. The van der Waals surface area contributed by atoms with Crippen LogP contribution in [0.25, 0.3) is 10.9 Å². The monoisotopic (exact) mass is 230 g/mol. The van der Waals surface area contributed by atoms with E-state index in [2.05, 4.69) is 55.1 Å². The van der Waals surface area contributed by atoms with Crippen LogP contribution in [0, 0.1) is 6.92 Å². The number of rotatable bonds is 4. The molecular weight excluding hydrogens is 208 g/mol. The lowest BCUT2D eigenvalue weighted by Gasteiger charge is -2.09. The molecule has 1 aromatic heterocycles. The highest BCUT2D eigenvalue weighted by molar-refractivity contribution is 5.84. The van der Waals surface area contributed by atoms with Gasteiger partial charge in [-0.15, -0.1) is 0 Å². The van der Waals surface area contributed by atoms with E-state index in [4.69, 9.17) is 0 Å². The molecule has 92 valence electrons. The van der Waals surface area contributed by atoms with Gasteiger partial charge in [-0.2, -0.15) is 0 Å². The van der Waals surface area contributed by atoms with Crippen molar-refractivity contribution in [1.82, 2.24) is 9.88 Å². The van der Waals surface area contributed by atoms with Gasteiger partial charge in [-0.25, -0.2) is 0 Å². The van der Waals surface area contributed by atoms with Gasteiger partial charge in [0, 0.05) is 23.1 Å². The quantitative estimate of drug-likeness (QED) is 0.853. The molecule has 2 rings (SSSR count). The zero-order valence-corrected chi connectivity index (χ0v) is 11.2. The van der Waals surface area contributed by atoms with E-state index >= 15 is 0 Å². The molecule has 0 unspecified atom stereocenters. The zero-order valence-electron chi connectivity index (χ0n) is 11.2. The van der Waals surface area contributed by atoms with Crippen LogP contribution in [0.5, 0.6) is 0 Å². The van der Waals surface area contributed by atoms with Crippen molar-refractivity contribution >= 4 is 10.9 Å². The Morgan fingerprint density at radius 1 is 1.29 bits per heavy atom. The first-order chi connectivity index (χ1) is 8.13. The number of aromatic nitrogens is 1. The van der Waals surface area contributed by atoms with Crippen LogP contribution in [0.4, 0.5) is 0 Å². The van der Waals surface area contributed by atoms with Crippen LogP contribution in [0.2, 0.25) is 0 Å². The van der Waals surface area contributed by atoms with Crippen molar-refractivity contribution < 1.29 is 0 Å². The highest BCUT2D eigenvalue weighted by Crippen LogP contribution is 2.25. The third-order valence-electron chi connectivity index (χ3n) is 3.32. The molecule has 0 bridgehead atoms. The Bertz CT molecular complexity index is 509. The van der Waals surface area contributed by atoms with Crippen LogP contribution in [0.1, 0.15) is 31.0 Å². The fraction of sp³-hybridized carbons (Fsp3) is 0.467. The molecule has 1 aromatic carbocycles. The van der Waals surface area contributed by atoms with Gasteiger partial charge in [0.05, 0.1) is 0 Å². The van der Waals surface area contributed by atoms with Crippen LogP contribution < -0.4 is 5.32 Å². The fourth-order valence-corrected chi connectivity index (χ4v) is 2.32. The van der Waals surface area contributed by atoms with Crippen molar-refractivity contribution in [2.75, 3.05) is 13.6 Å². The van der Waals surface area contributed by atoms with E-state index < -0.39 is 0 Å². The molecule has 0 fully saturated rings. The summed E-state index contributed by atoms with van der Waals surface area (Å²) in [5.74, 6) is 0. The van der Waals surface area contributed by atoms with E-state index in [1.165, 1.54) is 22.0 Å². The van der Waals surface area contributed by atoms with Gasteiger partial charge in [-0.3, -0.25) is 0 Å². The first kappa shape index (κ1) is 12.2.